The Balaban J connectivity index is 2.00. The van der Waals surface area contributed by atoms with Crippen LogP contribution in [0.2, 0.25) is 5.02 Å². The molecule has 1 unspecified atom stereocenters. The molecule has 0 radical (unpaired) electrons. The molecule has 1 atom stereocenters. The van der Waals surface area contributed by atoms with E-state index in [1.807, 2.05) is 13.8 Å². The summed E-state index contributed by atoms with van der Waals surface area (Å²) in [6.07, 6.45) is -0.182. The van der Waals surface area contributed by atoms with Crippen molar-refractivity contribution in [3.8, 4) is 5.75 Å². The molecule has 1 saturated heterocycles. The van der Waals surface area contributed by atoms with Gasteiger partial charge in [-0.05, 0) is 6.07 Å². The van der Waals surface area contributed by atoms with Crippen molar-refractivity contribution in [1.82, 2.24) is 4.90 Å². The van der Waals surface area contributed by atoms with Gasteiger partial charge in [0.05, 0.1) is 23.9 Å². The largest absolute Gasteiger partial charge is 0.474 e. The van der Waals surface area contributed by atoms with E-state index in [1.165, 1.54) is 7.05 Å². The lowest BCUT2D eigenvalue weighted by atomic mass is 9.83. The fourth-order valence-corrected chi connectivity index (χ4v) is 3.98. The number of rotatable bonds is 3. The first-order valence-electron chi connectivity index (χ1n) is 7.66. The summed E-state index contributed by atoms with van der Waals surface area (Å²) >= 11 is 6.20. The number of nitrogens with zero attached hydrogens (tertiary/aromatic N) is 2. The van der Waals surface area contributed by atoms with Crippen LogP contribution in [0.4, 0.5) is 5.69 Å². The smallest absolute Gasteiger partial charge is 0.359 e. The normalized spacial score (nSPS) is 23.6. The van der Waals surface area contributed by atoms with E-state index in [0.717, 1.165) is 23.0 Å². The van der Waals surface area contributed by atoms with Crippen LogP contribution in [0, 0.1) is 0 Å². The van der Waals surface area contributed by atoms with Crippen LogP contribution in [0.1, 0.15) is 19.4 Å². The molecule has 134 valence electrons. The summed E-state index contributed by atoms with van der Waals surface area (Å²) in [7, 11) is -3.13. The van der Waals surface area contributed by atoms with Crippen molar-refractivity contribution in [3.63, 3.8) is 0 Å². The number of benzene rings is 1. The van der Waals surface area contributed by atoms with E-state index >= 15 is 0 Å². The first-order chi connectivity index (χ1) is 11.1. The van der Waals surface area contributed by atoms with Crippen molar-refractivity contribution in [2.24, 2.45) is 0 Å². The highest BCUT2D eigenvalue weighted by molar-refractivity contribution is 7.87. The number of hydrogen-bond acceptors (Lipinski definition) is 5. The molecule has 2 heterocycles. The summed E-state index contributed by atoms with van der Waals surface area (Å²) in [6.45, 7) is 6.95. The Morgan fingerprint density at radius 2 is 1.96 bits per heavy atom. The maximum atomic E-state index is 11.4. The van der Waals surface area contributed by atoms with Crippen LogP contribution in [0.15, 0.2) is 12.1 Å². The minimum Gasteiger partial charge on any atom is -0.474 e. The van der Waals surface area contributed by atoms with Crippen LogP contribution in [0.25, 0.3) is 0 Å². The monoisotopic (exact) mass is 376 g/mol. The molecule has 1 aromatic rings. The highest BCUT2D eigenvalue weighted by Gasteiger charge is 2.46. The molecular formula is C15H21ClN2O5S. The molecular weight excluding hydrogens is 356 g/mol. The highest BCUT2D eigenvalue weighted by atomic mass is 35.5. The van der Waals surface area contributed by atoms with E-state index < -0.39 is 10.3 Å². The van der Waals surface area contributed by atoms with Crippen molar-refractivity contribution in [2.45, 2.75) is 25.5 Å². The molecule has 9 heteroatoms. The van der Waals surface area contributed by atoms with Gasteiger partial charge in [-0.1, -0.05) is 25.4 Å². The zero-order valence-corrected chi connectivity index (χ0v) is 15.4. The molecule has 0 bridgehead atoms. The lowest BCUT2D eigenvalue weighted by Gasteiger charge is -2.38. The molecule has 1 N–H and O–H groups in total. The van der Waals surface area contributed by atoms with Gasteiger partial charge in [-0.2, -0.15) is 8.42 Å². The number of halogens is 1. The average Bonchev–Trinajstić information content (AvgIpc) is 2.76. The summed E-state index contributed by atoms with van der Waals surface area (Å²) in [5.41, 5.74) is 0.706. The van der Waals surface area contributed by atoms with Crippen molar-refractivity contribution in [1.29, 1.82) is 0 Å². The van der Waals surface area contributed by atoms with Crippen molar-refractivity contribution in [2.75, 3.05) is 37.7 Å². The van der Waals surface area contributed by atoms with E-state index in [0.29, 0.717) is 19.0 Å². The predicted molar refractivity (Wildman–Crippen MR) is 91.2 cm³/mol. The summed E-state index contributed by atoms with van der Waals surface area (Å²) in [4.78, 5) is 2.21. The number of fused-ring (bicyclic) bond motifs is 1. The quantitative estimate of drug-likeness (QED) is 0.812. The lowest BCUT2D eigenvalue weighted by Crippen LogP contribution is -2.52. The second-order valence-corrected chi connectivity index (χ2v) is 8.44. The van der Waals surface area contributed by atoms with Crippen LogP contribution in [-0.2, 0) is 20.5 Å². The third-order valence-electron chi connectivity index (χ3n) is 4.66. The van der Waals surface area contributed by atoms with Gasteiger partial charge in [0, 0.05) is 37.2 Å². The second-order valence-electron chi connectivity index (χ2n) is 6.59. The van der Waals surface area contributed by atoms with Gasteiger partial charge in [0.2, 0.25) is 0 Å². The lowest BCUT2D eigenvalue weighted by molar-refractivity contribution is -0.0612. The minimum absolute atomic E-state index is 0.182. The van der Waals surface area contributed by atoms with Gasteiger partial charge >= 0.3 is 10.3 Å². The molecule has 0 saturated carbocycles. The first-order valence-corrected chi connectivity index (χ1v) is 9.43. The van der Waals surface area contributed by atoms with Gasteiger partial charge < -0.3 is 9.47 Å². The summed E-state index contributed by atoms with van der Waals surface area (Å²) in [5, 5.41) is 0.201. The predicted octanol–water partition coefficient (Wildman–Crippen LogP) is 1.91. The van der Waals surface area contributed by atoms with Crippen LogP contribution in [-0.4, -0.2) is 57.4 Å². The SMILES string of the molecule is CN(c1cc2c(cc1Cl)OC(N1CCOCC1)C2(C)C)S(=O)(=O)O. The summed E-state index contributed by atoms with van der Waals surface area (Å²) < 4.78 is 44.4. The topological polar surface area (TPSA) is 79.3 Å². The molecule has 24 heavy (non-hydrogen) atoms. The fraction of sp³-hybridized carbons (Fsp3) is 0.600. The van der Waals surface area contributed by atoms with Crippen LogP contribution in [0.5, 0.6) is 5.75 Å². The molecule has 7 nitrogen and oxygen atoms in total. The van der Waals surface area contributed by atoms with Crippen molar-refractivity contribution < 1.29 is 22.4 Å². The van der Waals surface area contributed by atoms with Gasteiger partial charge in [0.25, 0.3) is 0 Å². The molecule has 0 aliphatic carbocycles. The average molecular weight is 377 g/mol. The Labute approximate surface area is 147 Å². The number of hydrogen-bond donors (Lipinski definition) is 1. The third kappa shape index (κ3) is 2.97. The first kappa shape index (κ1) is 17.8. The second kappa shape index (κ2) is 6.03. The van der Waals surface area contributed by atoms with Crippen LogP contribution < -0.4 is 9.04 Å². The standard InChI is InChI=1S/C15H21ClN2O5S/c1-15(2)10-8-12(17(3)24(19,20)21)11(16)9-13(10)23-14(15)18-4-6-22-7-5-18/h8-9,14H,4-7H2,1-3H3,(H,19,20,21). The zero-order chi connectivity index (χ0) is 17.7. The fourth-order valence-electron chi connectivity index (χ4n) is 3.25. The van der Waals surface area contributed by atoms with E-state index in [9.17, 15) is 13.0 Å². The van der Waals surface area contributed by atoms with Crippen molar-refractivity contribution in [3.05, 3.63) is 22.7 Å². The molecule has 3 rings (SSSR count). The Morgan fingerprint density at radius 3 is 2.54 bits per heavy atom. The maximum Gasteiger partial charge on any atom is 0.359 e. The Kier molecular flexibility index (Phi) is 4.46. The van der Waals surface area contributed by atoms with Crippen molar-refractivity contribution >= 4 is 27.6 Å². The zero-order valence-electron chi connectivity index (χ0n) is 13.8. The van der Waals surface area contributed by atoms with Gasteiger partial charge in [0.1, 0.15) is 5.75 Å². The number of morpholine rings is 1. The Hall–Kier alpha value is -1.06. The molecule has 1 fully saturated rings. The van der Waals surface area contributed by atoms with E-state index in [2.05, 4.69) is 4.90 Å². The molecule has 0 amide bonds. The van der Waals surface area contributed by atoms with E-state index in [-0.39, 0.29) is 22.4 Å². The molecule has 2 aliphatic heterocycles. The number of ether oxygens (including phenoxy) is 2. The van der Waals surface area contributed by atoms with E-state index in [1.54, 1.807) is 12.1 Å². The van der Waals surface area contributed by atoms with Gasteiger partial charge in [0.15, 0.2) is 6.23 Å². The minimum atomic E-state index is -4.39. The molecule has 0 aromatic heterocycles. The third-order valence-corrected chi connectivity index (χ3v) is 5.85. The highest BCUT2D eigenvalue weighted by Crippen LogP contribution is 2.47. The van der Waals surface area contributed by atoms with Gasteiger partial charge in [-0.25, -0.2) is 4.31 Å². The molecule has 2 aliphatic rings. The van der Waals surface area contributed by atoms with Gasteiger partial charge in [-0.15, -0.1) is 0 Å². The molecule has 1 aromatic carbocycles. The number of anilines is 1. The van der Waals surface area contributed by atoms with Crippen LogP contribution >= 0.6 is 11.6 Å². The Morgan fingerprint density at radius 1 is 1.33 bits per heavy atom. The molecule has 0 spiro atoms. The van der Waals surface area contributed by atoms with Crippen LogP contribution in [0.3, 0.4) is 0 Å². The Bertz CT molecular complexity index is 746. The summed E-state index contributed by atoms with van der Waals surface area (Å²) in [5.74, 6) is 0.633. The van der Waals surface area contributed by atoms with Gasteiger partial charge in [-0.3, -0.25) is 9.45 Å². The summed E-state index contributed by atoms with van der Waals surface area (Å²) in [6, 6.07) is 3.28. The maximum absolute atomic E-state index is 11.4. The van der Waals surface area contributed by atoms with E-state index in [4.69, 9.17) is 21.1 Å².